The van der Waals surface area contributed by atoms with Gasteiger partial charge in [0.1, 0.15) is 11.6 Å². The molecule has 31 heavy (non-hydrogen) atoms. The van der Waals surface area contributed by atoms with Gasteiger partial charge in [0, 0.05) is 22.6 Å². The van der Waals surface area contributed by atoms with E-state index in [0.717, 1.165) is 5.56 Å². The van der Waals surface area contributed by atoms with Crippen LogP contribution in [-0.4, -0.2) is 32.3 Å². The van der Waals surface area contributed by atoms with Gasteiger partial charge in [-0.05, 0) is 49.6 Å². The lowest BCUT2D eigenvalue weighted by atomic mass is 9.97. The van der Waals surface area contributed by atoms with Crippen LogP contribution in [0.3, 0.4) is 0 Å². The number of rotatable bonds is 10. The molecule has 0 N–H and O–H groups in total. The summed E-state index contributed by atoms with van der Waals surface area (Å²) in [4.78, 5) is 23.5. The fraction of sp³-hybridized carbons (Fsp3) is 0.280. The number of ether oxygens (including phenoxy) is 3. The van der Waals surface area contributed by atoms with Gasteiger partial charge >= 0.3 is 11.9 Å². The maximum absolute atomic E-state index is 14.8. The maximum atomic E-state index is 14.8. The summed E-state index contributed by atoms with van der Waals surface area (Å²) in [7, 11) is 1.57. The molecule has 0 fully saturated rings. The van der Waals surface area contributed by atoms with Gasteiger partial charge in [-0.2, -0.15) is 0 Å². The molecule has 164 valence electrons. The van der Waals surface area contributed by atoms with Crippen LogP contribution in [0, 0.1) is 11.7 Å². The fourth-order valence-corrected chi connectivity index (χ4v) is 2.82. The minimum absolute atomic E-state index is 0.0109. The van der Waals surface area contributed by atoms with Crippen LogP contribution in [0.25, 0.3) is 11.1 Å². The number of hydrogen-bond donors (Lipinski definition) is 0. The van der Waals surface area contributed by atoms with E-state index in [0.29, 0.717) is 23.3 Å². The van der Waals surface area contributed by atoms with Gasteiger partial charge in [0.25, 0.3) is 0 Å². The number of hydrogen-bond acceptors (Lipinski definition) is 5. The Kier molecular flexibility index (Phi) is 8.55. The second-order valence-electron chi connectivity index (χ2n) is 7.37. The van der Waals surface area contributed by atoms with Crippen molar-refractivity contribution in [2.45, 2.75) is 20.3 Å². The third-order valence-electron chi connectivity index (χ3n) is 4.56. The van der Waals surface area contributed by atoms with Crippen molar-refractivity contribution in [2.75, 3.05) is 20.3 Å². The van der Waals surface area contributed by atoms with Gasteiger partial charge < -0.3 is 14.2 Å². The zero-order valence-electron chi connectivity index (χ0n) is 18.1. The SMILES string of the molecule is C=C(C)C(=O)OCC(COC(=O)C(=C)C)Cc1ccc(-c2ccc(OC)cc2)c(F)c1. The van der Waals surface area contributed by atoms with Gasteiger partial charge in [0.05, 0.1) is 20.3 Å². The van der Waals surface area contributed by atoms with Crippen molar-refractivity contribution in [1.82, 2.24) is 0 Å². The van der Waals surface area contributed by atoms with Crippen LogP contribution in [-0.2, 0) is 25.5 Å². The van der Waals surface area contributed by atoms with E-state index in [1.807, 2.05) is 0 Å². The Balaban J connectivity index is 2.14. The van der Waals surface area contributed by atoms with Crippen molar-refractivity contribution in [3.8, 4) is 16.9 Å². The quantitative estimate of drug-likeness (QED) is 0.400. The summed E-state index contributed by atoms with van der Waals surface area (Å²) in [6.07, 6.45) is 0.354. The van der Waals surface area contributed by atoms with Crippen molar-refractivity contribution < 1.29 is 28.2 Å². The minimum Gasteiger partial charge on any atom is -0.497 e. The normalized spacial score (nSPS) is 10.5. The van der Waals surface area contributed by atoms with Crippen molar-refractivity contribution >= 4 is 11.9 Å². The standard InChI is InChI=1S/C25H27FO5/c1-16(2)24(27)30-14-19(15-31-25(28)17(3)4)12-18-6-11-22(23(26)13-18)20-7-9-21(29-5)10-8-20/h6-11,13,19H,1,3,12,14-15H2,2,4-5H3. The molecule has 0 spiro atoms. The van der Waals surface area contributed by atoms with E-state index >= 15 is 0 Å². The third-order valence-corrected chi connectivity index (χ3v) is 4.56. The smallest absolute Gasteiger partial charge is 0.333 e. The summed E-state index contributed by atoms with van der Waals surface area (Å²) in [5.74, 6) is -1.09. The van der Waals surface area contributed by atoms with E-state index in [1.165, 1.54) is 6.07 Å². The molecule has 0 bridgehead atoms. The van der Waals surface area contributed by atoms with E-state index < -0.39 is 11.9 Å². The van der Waals surface area contributed by atoms with Crippen molar-refractivity contribution in [3.05, 3.63) is 78.1 Å². The summed E-state index contributed by atoms with van der Waals surface area (Å²) < 4.78 is 30.3. The average molecular weight is 426 g/mol. The monoisotopic (exact) mass is 426 g/mol. The van der Waals surface area contributed by atoms with Crippen LogP contribution >= 0.6 is 0 Å². The van der Waals surface area contributed by atoms with E-state index in [2.05, 4.69) is 13.2 Å². The summed E-state index contributed by atoms with van der Waals surface area (Å²) in [6.45, 7) is 10.2. The van der Waals surface area contributed by atoms with Gasteiger partial charge in [0.2, 0.25) is 0 Å². The molecule has 0 radical (unpaired) electrons. The van der Waals surface area contributed by atoms with Crippen LogP contribution < -0.4 is 4.74 Å². The molecule has 2 rings (SSSR count). The lowest BCUT2D eigenvalue weighted by Gasteiger charge is -2.18. The first-order valence-corrected chi connectivity index (χ1v) is 9.79. The number of methoxy groups -OCH3 is 1. The molecule has 5 nitrogen and oxygen atoms in total. The Morgan fingerprint density at radius 1 is 0.935 bits per heavy atom. The Labute approximate surface area is 182 Å². The predicted molar refractivity (Wildman–Crippen MR) is 117 cm³/mol. The molecule has 0 unspecified atom stereocenters. The Bertz CT molecular complexity index is 932. The number of carbonyl (C=O) groups excluding carboxylic acids is 2. The highest BCUT2D eigenvalue weighted by Gasteiger charge is 2.18. The molecule has 0 amide bonds. The second-order valence-corrected chi connectivity index (χ2v) is 7.37. The lowest BCUT2D eigenvalue weighted by molar-refractivity contribution is -0.144. The van der Waals surface area contributed by atoms with E-state index in [-0.39, 0.29) is 36.1 Å². The van der Waals surface area contributed by atoms with E-state index in [1.54, 1.807) is 57.4 Å². The van der Waals surface area contributed by atoms with E-state index in [9.17, 15) is 14.0 Å². The predicted octanol–water partition coefficient (Wildman–Crippen LogP) is 4.90. The van der Waals surface area contributed by atoms with Gasteiger partial charge in [-0.1, -0.05) is 37.4 Å². The molecular weight excluding hydrogens is 399 g/mol. The zero-order valence-corrected chi connectivity index (χ0v) is 18.1. The van der Waals surface area contributed by atoms with Crippen LogP contribution in [0.5, 0.6) is 5.75 Å². The van der Waals surface area contributed by atoms with Gasteiger partial charge in [-0.15, -0.1) is 0 Å². The lowest BCUT2D eigenvalue weighted by Crippen LogP contribution is -2.23. The third kappa shape index (κ3) is 7.10. The largest absolute Gasteiger partial charge is 0.497 e. The molecule has 0 heterocycles. The van der Waals surface area contributed by atoms with Crippen molar-refractivity contribution in [2.24, 2.45) is 5.92 Å². The molecule has 0 aliphatic rings. The molecule has 0 aliphatic heterocycles. The second kappa shape index (κ2) is 11.1. The molecule has 6 heteroatoms. The number of halogens is 1. The highest BCUT2D eigenvalue weighted by molar-refractivity contribution is 5.87. The summed E-state index contributed by atoms with van der Waals surface area (Å²) in [6, 6.07) is 12.0. The Morgan fingerprint density at radius 2 is 1.48 bits per heavy atom. The van der Waals surface area contributed by atoms with Crippen LogP contribution in [0.4, 0.5) is 4.39 Å². The van der Waals surface area contributed by atoms with Gasteiger partial charge in [-0.3, -0.25) is 0 Å². The molecule has 0 aromatic heterocycles. The van der Waals surface area contributed by atoms with Crippen LogP contribution in [0.2, 0.25) is 0 Å². The molecule has 0 atom stereocenters. The molecule has 0 aliphatic carbocycles. The van der Waals surface area contributed by atoms with Gasteiger partial charge in [0.15, 0.2) is 0 Å². The van der Waals surface area contributed by atoms with Crippen molar-refractivity contribution in [1.29, 1.82) is 0 Å². The first-order chi connectivity index (χ1) is 14.7. The number of carbonyl (C=O) groups is 2. The molecule has 0 saturated carbocycles. The first kappa shape index (κ1) is 23.9. The molecule has 2 aromatic rings. The summed E-state index contributed by atoms with van der Waals surface area (Å²) in [5, 5.41) is 0. The first-order valence-electron chi connectivity index (χ1n) is 9.79. The van der Waals surface area contributed by atoms with E-state index in [4.69, 9.17) is 14.2 Å². The maximum Gasteiger partial charge on any atom is 0.333 e. The van der Waals surface area contributed by atoms with Crippen LogP contribution in [0.15, 0.2) is 66.8 Å². The van der Waals surface area contributed by atoms with Crippen molar-refractivity contribution in [3.63, 3.8) is 0 Å². The Morgan fingerprint density at radius 3 is 1.94 bits per heavy atom. The molecule has 0 saturated heterocycles. The van der Waals surface area contributed by atoms with Crippen LogP contribution in [0.1, 0.15) is 19.4 Å². The number of benzene rings is 2. The topological polar surface area (TPSA) is 61.8 Å². The molecule has 2 aromatic carbocycles. The fourth-order valence-electron chi connectivity index (χ4n) is 2.82. The summed E-state index contributed by atoms with van der Waals surface area (Å²) >= 11 is 0. The van der Waals surface area contributed by atoms with Gasteiger partial charge in [-0.25, -0.2) is 14.0 Å². The molecular formula is C25H27FO5. The number of esters is 2. The average Bonchev–Trinajstić information content (AvgIpc) is 2.75. The Hall–Kier alpha value is -3.41. The zero-order chi connectivity index (χ0) is 23.0. The summed E-state index contributed by atoms with van der Waals surface area (Å²) in [5.41, 5.74) is 2.43. The highest BCUT2D eigenvalue weighted by Crippen LogP contribution is 2.26. The highest BCUT2D eigenvalue weighted by atomic mass is 19.1. The minimum atomic E-state index is -0.530.